The molecule has 2 N–H and O–H groups in total. The second-order valence-corrected chi connectivity index (χ2v) is 4.34. The van der Waals surface area contributed by atoms with E-state index in [0.29, 0.717) is 22.3 Å². The Morgan fingerprint density at radius 3 is 2.95 bits per heavy atom. The lowest BCUT2D eigenvalue weighted by Gasteiger charge is -2.05. The summed E-state index contributed by atoms with van der Waals surface area (Å²) in [5.74, 6) is -0.251. The van der Waals surface area contributed by atoms with E-state index in [4.69, 9.17) is 21.2 Å². The predicted octanol–water partition coefficient (Wildman–Crippen LogP) is 1.95. The molecule has 1 unspecified atom stereocenters. The highest BCUT2D eigenvalue weighted by Crippen LogP contribution is 2.24. The van der Waals surface area contributed by atoms with Crippen molar-refractivity contribution in [1.82, 2.24) is 15.5 Å². The monoisotopic (exact) mass is 281 g/mol. The molecule has 0 aliphatic carbocycles. The van der Waals surface area contributed by atoms with Crippen LogP contribution in [0, 0.1) is 0 Å². The third-order valence-electron chi connectivity index (χ3n) is 2.51. The number of aromatic nitrogens is 2. The lowest BCUT2D eigenvalue weighted by Crippen LogP contribution is -2.33. The molecule has 19 heavy (non-hydrogen) atoms. The molecule has 0 aliphatic rings. The van der Waals surface area contributed by atoms with E-state index in [2.05, 4.69) is 15.5 Å². The van der Waals surface area contributed by atoms with Crippen molar-refractivity contribution in [2.75, 3.05) is 0 Å². The molecule has 0 bridgehead atoms. The summed E-state index contributed by atoms with van der Waals surface area (Å²) in [4.78, 5) is 14.8. The van der Waals surface area contributed by atoms with E-state index >= 15 is 0 Å². The fourth-order valence-corrected chi connectivity index (χ4v) is 1.63. The highest BCUT2D eigenvalue weighted by atomic mass is 35.5. The molecule has 7 heteroatoms. The average Bonchev–Trinajstić information content (AvgIpc) is 2.85. The summed E-state index contributed by atoms with van der Waals surface area (Å²) < 4.78 is 5.03. The lowest BCUT2D eigenvalue weighted by molar-refractivity contribution is -0.139. The minimum atomic E-state index is -0.939. The molecular weight excluding hydrogens is 270 g/mol. The maximum absolute atomic E-state index is 10.6. The van der Waals surface area contributed by atoms with Gasteiger partial charge in [0.15, 0.2) is 0 Å². The minimum absolute atomic E-state index is 0.185. The van der Waals surface area contributed by atoms with E-state index in [9.17, 15) is 4.79 Å². The molecule has 0 saturated heterocycles. The first-order chi connectivity index (χ1) is 9.08. The van der Waals surface area contributed by atoms with Crippen LogP contribution in [0.2, 0.25) is 5.02 Å². The number of carbonyl (C=O) groups is 1. The quantitative estimate of drug-likeness (QED) is 0.871. The molecular formula is C12H12ClN3O3. The summed E-state index contributed by atoms with van der Waals surface area (Å²) in [6, 6.07) is 6.46. The Hall–Kier alpha value is -1.92. The first-order valence-corrected chi connectivity index (χ1v) is 5.99. The van der Waals surface area contributed by atoms with Gasteiger partial charge in [-0.1, -0.05) is 28.9 Å². The van der Waals surface area contributed by atoms with E-state index in [1.165, 1.54) is 6.92 Å². The second kappa shape index (κ2) is 5.81. The molecule has 0 amide bonds. The van der Waals surface area contributed by atoms with Gasteiger partial charge in [-0.2, -0.15) is 4.98 Å². The Balaban J connectivity index is 2.08. The van der Waals surface area contributed by atoms with Crippen LogP contribution in [0.4, 0.5) is 0 Å². The molecule has 0 saturated carbocycles. The maximum atomic E-state index is 10.6. The Bertz CT molecular complexity index is 585. The number of rotatable bonds is 5. The van der Waals surface area contributed by atoms with Crippen LogP contribution in [0.1, 0.15) is 12.8 Å². The number of aliphatic carboxylic acids is 1. The maximum Gasteiger partial charge on any atom is 0.320 e. The van der Waals surface area contributed by atoms with E-state index in [0.717, 1.165) is 0 Å². The molecule has 1 aromatic heterocycles. The van der Waals surface area contributed by atoms with Crippen LogP contribution in [-0.2, 0) is 11.3 Å². The molecule has 0 spiro atoms. The Morgan fingerprint density at radius 2 is 2.26 bits per heavy atom. The molecule has 1 heterocycles. The topological polar surface area (TPSA) is 88.3 Å². The molecule has 0 aliphatic heterocycles. The van der Waals surface area contributed by atoms with Gasteiger partial charge in [0.2, 0.25) is 11.7 Å². The van der Waals surface area contributed by atoms with Gasteiger partial charge in [-0.25, -0.2) is 0 Å². The third kappa shape index (κ3) is 3.30. The van der Waals surface area contributed by atoms with Crippen molar-refractivity contribution in [3.05, 3.63) is 35.2 Å². The van der Waals surface area contributed by atoms with Gasteiger partial charge in [-0.3, -0.25) is 10.1 Å². The van der Waals surface area contributed by atoms with Crippen molar-refractivity contribution >= 4 is 17.6 Å². The number of nitrogens with one attached hydrogen (secondary N) is 1. The van der Waals surface area contributed by atoms with Gasteiger partial charge in [0.1, 0.15) is 6.04 Å². The third-order valence-corrected chi connectivity index (χ3v) is 2.84. The van der Waals surface area contributed by atoms with Crippen LogP contribution in [-0.4, -0.2) is 27.3 Å². The van der Waals surface area contributed by atoms with Crippen LogP contribution in [0.25, 0.3) is 11.4 Å². The standard InChI is InChI=1S/C12H12ClN3O3/c1-7(12(17)18)14-6-10-15-11(16-19-10)8-4-2-3-5-9(8)13/h2-5,7,14H,6H2,1H3,(H,17,18). The smallest absolute Gasteiger partial charge is 0.320 e. The van der Waals surface area contributed by atoms with Gasteiger partial charge in [-0.05, 0) is 19.1 Å². The first-order valence-electron chi connectivity index (χ1n) is 5.61. The number of carboxylic acid groups (broad SMARTS) is 1. The molecule has 1 aromatic carbocycles. The largest absolute Gasteiger partial charge is 0.480 e. The van der Waals surface area contributed by atoms with Crippen LogP contribution < -0.4 is 5.32 Å². The lowest BCUT2D eigenvalue weighted by atomic mass is 10.2. The van der Waals surface area contributed by atoms with Crippen LogP contribution in [0.15, 0.2) is 28.8 Å². The average molecular weight is 282 g/mol. The van der Waals surface area contributed by atoms with Crippen molar-refractivity contribution in [3.63, 3.8) is 0 Å². The zero-order valence-electron chi connectivity index (χ0n) is 10.1. The van der Waals surface area contributed by atoms with E-state index < -0.39 is 12.0 Å². The number of nitrogens with zero attached hydrogens (tertiary/aromatic N) is 2. The highest BCUT2D eigenvalue weighted by molar-refractivity contribution is 6.33. The van der Waals surface area contributed by atoms with E-state index in [-0.39, 0.29) is 6.54 Å². The minimum Gasteiger partial charge on any atom is -0.480 e. The molecule has 6 nitrogen and oxygen atoms in total. The summed E-state index contributed by atoms with van der Waals surface area (Å²) in [5.41, 5.74) is 0.672. The Kier molecular flexibility index (Phi) is 4.13. The zero-order valence-corrected chi connectivity index (χ0v) is 10.9. The van der Waals surface area contributed by atoms with Crippen molar-refractivity contribution < 1.29 is 14.4 Å². The van der Waals surface area contributed by atoms with Crippen molar-refractivity contribution in [2.24, 2.45) is 0 Å². The Labute approximate surface area is 114 Å². The number of carboxylic acids is 1. The number of hydrogen-bond acceptors (Lipinski definition) is 5. The van der Waals surface area contributed by atoms with Crippen molar-refractivity contribution in [3.8, 4) is 11.4 Å². The highest BCUT2D eigenvalue weighted by Gasteiger charge is 2.14. The molecule has 0 fully saturated rings. The second-order valence-electron chi connectivity index (χ2n) is 3.93. The van der Waals surface area contributed by atoms with Gasteiger partial charge in [-0.15, -0.1) is 0 Å². The van der Waals surface area contributed by atoms with Crippen molar-refractivity contribution in [2.45, 2.75) is 19.5 Å². The fraction of sp³-hybridized carbons (Fsp3) is 0.250. The normalized spacial score (nSPS) is 12.3. The summed E-state index contributed by atoms with van der Waals surface area (Å²) in [7, 11) is 0. The molecule has 0 radical (unpaired) electrons. The number of halogens is 1. The SMILES string of the molecule is CC(NCc1nc(-c2ccccc2Cl)no1)C(=O)O. The summed E-state index contributed by atoms with van der Waals surface area (Å²) in [6.07, 6.45) is 0. The van der Waals surface area contributed by atoms with Gasteiger partial charge < -0.3 is 9.63 Å². The first kappa shape index (κ1) is 13.5. The molecule has 2 aromatic rings. The fourth-order valence-electron chi connectivity index (χ4n) is 1.41. The Morgan fingerprint density at radius 1 is 1.53 bits per heavy atom. The molecule has 1 atom stereocenters. The van der Waals surface area contributed by atoms with Crippen LogP contribution in [0.3, 0.4) is 0 Å². The van der Waals surface area contributed by atoms with Crippen LogP contribution in [0.5, 0.6) is 0 Å². The van der Waals surface area contributed by atoms with Crippen molar-refractivity contribution in [1.29, 1.82) is 0 Å². The zero-order chi connectivity index (χ0) is 13.8. The predicted molar refractivity (Wildman–Crippen MR) is 68.7 cm³/mol. The summed E-state index contributed by atoms with van der Waals surface area (Å²) in [5, 5.41) is 15.8. The summed E-state index contributed by atoms with van der Waals surface area (Å²) >= 11 is 6.02. The van der Waals surface area contributed by atoms with Gasteiger partial charge in [0.05, 0.1) is 11.6 Å². The van der Waals surface area contributed by atoms with Gasteiger partial charge in [0.25, 0.3) is 0 Å². The van der Waals surface area contributed by atoms with E-state index in [1.807, 2.05) is 12.1 Å². The number of benzene rings is 1. The van der Waals surface area contributed by atoms with Gasteiger partial charge in [0, 0.05) is 5.56 Å². The molecule has 2 rings (SSSR count). The molecule has 100 valence electrons. The summed E-state index contributed by atoms with van der Waals surface area (Å²) in [6.45, 7) is 1.72. The van der Waals surface area contributed by atoms with E-state index in [1.54, 1.807) is 12.1 Å². The van der Waals surface area contributed by atoms with Crippen LogP contribution >= 0.6 is 11.6 Å². The number of hydrogen-bond donors (Lipinski definition) is 2. The van der Waals surface area contributed by atoms with Gasteiger partial charge >= 0.3 is 5.97 Å².